The molecular weight excluding hydrogens is 136 g/mol. The molecule has 0 N–H and O–H groups in total. The van der Waals surface area contributed by atoms with E-state index in [1.165, 1.54) is 19.3 Å². The molecule has 0 unspecified atom stereocenters. The van der Waals surface area contributed by atoms with Crippen LogP contribution in [0, 0.1) is 0 Å². The molecule has 2 rings (SSSR count). The first kappa shape index (κ1) is 6.65. The molecule has 2 heteroatoms. The molecule has 2 nitrogen and oxygen atoms in total. The van der Waals surface area contributed by atoms with Gasteiger partial charge in [-0.25, -0.2) is 5.32 Å². The number of rotatable bonds is 1. The molecule has 0 amide bonds. The van der Waals surface area contributed by atoms with Crippen LogP contribution in [0.2, 0.25) is 0 Å². The van der Waals surface area contributed by atoms with E-state index in [4.69, 9.17) is 0 Å². The molecule has 0 saturated heterocycles. The lowest BCUT2D eigenvalue weighted by atomic mass is 9.94. The molecule has 0 bridgehead atoms. The molecule has 0 atom stereocenters. The first-order valence-corrected chi connectivity index (χ1v) is 4.07. The summed E-state index contributed by atoms with van der Waals surface area (Å²) in [5, 5.41) is 4.13. The van der Waals surface area contributed by atoms with E-state index in [0.29, 0.717) is 6.04 Å². The molecule has 0 aromatic rings. The molecule has 1 saturated carbocycles. The van der Waals surface area contributed by atoms with Crippen LogP contribution in [0.3, 0.4) is 0 Å². The zero-order chi connectivity index (χ0) is 7.52. The highest BCUT2D eigenvalue weighted by molar-refractivity contribution is 5.94. The summed E-state index contributed by atoms with van der Waals surface area (Å²) in [4.78, 5) is 4.45. The average Bonchev–Trinajstić information content (AvgIpc) is 1.99. The number of aliphatic imine (C=N–C) groups is 1. The Morgan fingerprint density at radius 3 is 2.82 bits per heavy atom. The SMILES string of the molecule is C1=C[N]/C(=N\C2CCC2)C=C1. The normalized spacial score (nSPS) is 26.7. The summed E-state index contributed by atoms with van der Waals surface area (Å²) in [6.07, 6.45) is 11.5. The van der Waals surface area contributed by atoms with Gasteiger partial charge in [0, 0.05) is 6.20 Å². The van der Waals surface area contributed by atoms with Crippen molar-refractivity contribution in [2.24, 2.45) is 4.99 Å². The summed E-state index contributed by atoms with van der Waals surface area (Å²) < 4.78 is 0. The third-order valence-electron chi connectivity index (χ3n) is 2.04. The Balaban J connectivity index is 1.97. The van der Waals surface area contributed by atoms with E-state index < -0.39 is 0 Å². The summed E-state index contributed by atoms with van der Waals surface area (Å²) >= 11 is 0. The topological polar surface area (TPSA) is 26.5 Å². The maximum absolute atomic E-state index is 4.45. The molecule has 1 aliphatic heterocycles. The quantitative estimate of drug-likeness (QED) is 0.539. The Kier molecular flexibility index (Phi) is 1.76. The van der Waals surface area contributed by atoms with E-state index in [9.17, 15) is 0 Å². The van der Waals surface area contributed by atoms with Gasteiger partial charge >= 0.3 is 0 Å². The lowest BCUT2D eigenvalue weighted by Gasteiger charge is -2.21. The summed E-state index contributed by atoms with van der Waals surface area (Å²) in [7, 11) is 0. The minimum atomic E-state index is 0.560. The van der Waals surface area contributed by atoms with Crippen LogP contribution in [-0.2, 0) is 0 Å². The van der Waals surface area contributed by atoms with Crippen molar-refractivity contribution in [2.45, 2.75) is 25.3 Å². The number of nitrogens with zero attached hydrogens (tertiary/aromatic N) is 2. The minimum absolute atomic E-state index is 0.560. The second-order valence-electron chi connectivity index (χ2n) is 2.90. The van der Waals surface area contributed by atoms with E-state index in [-0.39, 0.29) is 0 Å². The fraction of sp³-hybridized carbons (Fsp3) is 0.444. The van der Waals surface area contributed by atoms with Gasteiger partial charge in [0.2, 0.25) is 0 Å². The Hall–Kier alpha value is -1.05. The predicted molar refractivity (Wildman–Crippen MR) is 45.5 cm³/mol. The van der Waals surface area contributed by atoms with Crippen LogP contribution in [0.4, 0.5) is 0 Å². The van der Waals surface area contributed by atoms with Gasteiger partial charge in [-0.2, -0.15) is 0 Å². The highest BCUT2D eigenvalue weighted by Gasteiger charge is 2.16. The number of hydrogen-bond donors (Lipinski definition) is 0. The molecular formula is C9H11N2. The van der Waals surface area contributed by atoms with Crippen molar-refractivity contribution in [3.8, 4) is 0 Å². The van der Waals surface area contributed by atoms with Crippen LogP contribution in [0.1, 0.15) is 19.3 Å². The maximum Gasteiger partial charge on any atom is 0.147 e. The van der Waals surface area contributed by atoms with Gasteiger partial charge in [0.1, 0.15) is 5.84 Å². The number of hydrogen-bond acceptors (Lipinski definition) is 1. The van der Waals surface area contributed by atoms with E-state index in [2.05, 4.69) is 10.3 Å². The van der Waals surface area contributed by atoms with E-state index in [1.54, 1.807) is 6.20 Å². The minimum Gasteiger partial charge on any atom is -0.263 e. The van der Waals surface area contributed by atoms with Crippen LogP contribution in [0.25, 0.3) is 0 Å². The fourth-order valence-electron chi connectivity index (χ4n) is 1.13. The van der Waals surface area contributed by atoms with Crippen LogP contribution in [-0.4, -0.2) is 11.9 Å². The third-order valence-corrected chi connectivity index (χ3v) is 2.04. The Morgan fingerprint density at radius 2 is 2.27 bits per heavy atom. The summed E-state index contributed by atoms with van der Waals surface area (Å²) in [5.74, 6) is 0.886. The van der Waals surface area contributed by atoms with Crippen molar-refractivity contribution in [3.05, 3.63) is 24.4 Å². The van der Waals surface area contributed by atoms with E-state index >= 15 is 0 Å². The van der Waals surface area contributed by atoms with E-state index in [0.717, 1.165) is 5.84 Å². The van der Waals surface area contributed by atoms with Crippen LogP contribution in [0.15, 0.2) is 29.4 Å². The van der Waals surface area contributed by atoms with Gasteiger partial charge in [-0.05, 0) is 31.4 Å². The van der Waals surface area contributed by atoms with Gasteiger partial charge in [0.15, 0.2) is 0 Å². The highest BCUT2D eigenvalue weighted by atomic mass is 15.0. The van der Waals surface area contributed by atoms with Crippen LogP contribution < -0.4 is 5.32 Å². The lowest BCUT2D eigenvalue weighted by Crippen LogP contribution is -2.20. The van der Waals surface area contributed by atoms with Crippen molar-refractivity contribution in [1.82, 2.24) is 5.32 Å². The predicted octanol–water partition coefficient (Wildman–Crippen LogP) is 1.63. The first-order valence-electron chi connectivity index (χ1n) is 4.07. The van der Waals surface area contributed by atoms with Crippen molar-refractivity contribution in [2.75, 3.05) is 0 Å². The molecule has 1 aliphatic carbocycles. The molecule has 57 valence electrons. The standard InChI is InChI=1S/C9H11N2/c1-2-7-10-9(6-1)11-8-4-3-5-8/h1-2,6-8H,3-5H2/b11-9-. The first-order chi connectivity index (χ1) is 5.45. The van der Waals surface area contributed by atoms with Crippen molar-refractivity contribution in [3.63, 3.8) is 0 Å². The second-order valence-corrected chi connectivity index (χ2v) is 2.90. The van der Waals surface area contributed by atoms with Crippen molar-refractivity contribution < 1.29 is 0 Å². The summed E-state index contributed by atoms with van der Waals surface area (Å²) in [6.45, 7) is 0. The molecule has 0 aromatic heterocycles. The van der Waals surface area contributed by atoms with Gasteiger partial charge in [-0.3, -0.25) is 4.99 Å². The largest absolute Gasteiger partial charge is 0.263 e. The fourth-order valence-corrected chi connectivity index (χ4v) is 1.13. The average molecular weight is 147 g/mol. The van der Waals surface area contributed by atoms with E-state index in [1.807, 2.05) is 18.2 Å². The maximum atomic E-state index is 4.45. The second kappa shape index (κ2) is 2.91. The molecule has 0 spiro atoms. The summed E-state index contributed by atoms with van der Waals surface area (Å²) in [6, 6.07) is 0.560. The van der Waals surface area contributed by atoms with Crippen LogP contribution in [0.5, 0.6) is 0 Å². The molecule has 11 heavy (non-hydrogen) atoms. The van der Waals surface area contributed by atoms with Crippen molar-refractivity contribution >= 4 is 5.84 Å². The van der Waals surface area contributed by atoms with Gasteiger partial charge in [-0.15, -0.1) is 0 Å². The molecule has 2 aliphatic rings. The van der Waals surface area contributed by atoms with Gasteiger partial charge in [-0.1, -0.05) is 6.08 Å². The Bertz CT molecular complexity index is 222. The third kappa shape index (κ3) is 1.50. The van der Waals surface area contributed by atoms with Crippen molar-refractivity contribution in [1.29, 1.82) is 0 Å². The zero-order valence-corrected chi connectivity index (χ0v) is 6.40. The zero-order valence-electron chi connectivity index (χ0n) is 6.40. The van der Waals surface area contributed by atoms with Gasteiger partial charge in [0.05, 0.1) is 6.04 Å². The van der Waals surface area contributed by atoms with Gasteiger partial charge in [0.25, 0.3) is 0 Å². The molecule has 1 heterocycles. The molecule has 0 aromatic carbocycles. The molecule has 1 radical (unpaired) electrons. The monoisotopic (exact) mass is 147 g/mol. The summed E-state index contributed by atoms with van der Waals surface area (Å²) in [5.41, 5.74) is 0. The number of amidine groups is 1. The lowest BCUT2D eigenvalue weighted by molar-refractivity contribution is 0.419. The number of allylic oxidation sites excluding steroid dienone is 2. The molecule has 1 fully saturated rings. The van der Waals surface area contributed by atoms with Gasteiger partial charge < -0.3 is 0 Å². The highest BCUT2D eigenvalue weighted by Crippen LogP contribution is 2.22. The Labute approximate surface area is 66.7 Å². The van der Waals surface area contributed by atoms with Crippen LogP contribution >= 0.6 is 0 Å². The smallest absolute Gasteiger partial charge is 0.147 e. The Morgan fingerprint density at radius 1 is 1.36 bits per heavy atom.